The van der Waals surface area contributed by atoms with Gasteiger partial charge in [-0.3, -0.25) is 4.90 Å². The molecule has 1 saturated carbocycles. The Morgan fingerprint density at radius 1 is 1.07 bits per heavy atom. The van der Waals surface area contributed by atoms with Crippen LogP contribution in [0.4, 0.5) is 0 Å². The predicted molar refractivity (Wildman–Crippen MR) is 63.9 cm³/mol. The monoisotopic (exact) mass is 211 g/mol. The van der Waals surface area contributed by atoms with Gasteiger partial charge in [-0.15, -0.1) is 0 Å². The molecule has 2 fully saturated rings. The van der Waals surface area contributed by atoms with Crippen LogP contribution in [0.3, 0.4) is 0 Å². The SMILES string of the molecule is NCCN(CCN1CCCC1)C1CCC1. The van der Waals surface area contributed by atoms with Crippen molar-refractivity contribution < 1.29 is 0 Å². The summed E-state index contributed by atoms with van der Waals surface area (Å²) in [4.78, 5) is 5.21. The Kier molecular flexibility index (Phi) is 4.42. The van der Waals surface area contributed by atoms with Crippen LogP contribution >= 0.6 is 0 Å². The summed E-state index contributed by atoms with van der Waals surface area (Å²) < 4.78 is 0. The molecule has 2 N–H and O–H groups in total. The molecule has 0 aromatic rings. The van der Waals surface area contributed by atoms with E-state index < -0.39 is 0 Å². The predicted octanol–water partition coefficient (Wildman–Crippen LogP) is 0.895. The van der Waals surface area contributed by atoms with Gasteiger partial charge in [-0.05, 0) is 38.8 Å². The maximum absolute atomic E-state index is 5.67. The van der Waals surface area contributed by atoms with E-state index >= 15 is 0 Å². The summed E-state index contributed by atoms with van der Waals surface area (Å²) in [5.41, 5.74) is 5.67. The van der Waals surface area contributed by atoms with Crippen LogP contribution in [0.5, 0.6) is 0 Å². The molecule has 3 nitrogen and oxygen atoms in total. The fourth-order valence-corrected chi connectivity index (χ4v) is 2.67. The summed E-state index contributed by atoms with van der Waals surface area (Å²) in [6.07, 6.45) is 7.04. The molecule has 1 aliphatic heterocycles. The van der Waals surface area contributed by atoms with E-state index in [2.05, 4.69) is 9.80 Å². The second-order valence-corrected chi connectivity index (χ2v) is 4.96. The van der Waals surface area contributed by atoms with Crippen molar-refractivity contribution in [3.05, 3.63) is 0 Å². The first-order chi connectivity index (χ1) is 7.40. The molecule has 2 aliphatic rings. The van der Waals surface area contributed by atoms with Gasteiger partial charge in [-0.25, -0.2) is 0 Å². The average Bonchev–Trinajstić information content (AvgIpc) is 2.64. The highest BCUT2D eigenvalue weighted by Crippen LogP contribution is 2.24. The van der Waals surface area contributed by atoms with Gasteiger partial charge in [0.1, 0.15) is 0 Å². The molecule has 2 rings (SSSR count). The van der Waals surface area contributed by atoms with E-state index in [4.69, 9.17) is 5.73 Å². The van der Waals surface area contributed by atoms with E-state index in [1.54, 1.807) is 0 Å². The quantitative estimate of drug-likeness (QED) is 0.708. The fourth-order valence-electron chi connectivity index (χ4n) is 2.67. The molecule has 15 heavy (non-hydrogen) atoms. The summed E-state index contributed by atoms with van der Waals surface area (Å²) in [6, 6.07) is 0.858. The third-order valence-electron chi connectivity index (χ3n) is 3.91. The van der Waals surface area contributed by atoms with E-state index in [-0.39, 0.29) is 0 Å². The molecular formula is C12H25N3. The number of nitrogens with zero attached hydrogens (tertiary/aromatic N) is 2. The van der Waals surface area contributed by atoms with Gasteiger partial charge >= 0.3 is 0 Å². The van der Waals surface area contributed by atoms with Gasteiger partial charge in [-0.2, -0.15) is 0 Å². The topological polar surface area (TPSA) is 32.5 Å². The van der Waals surface area contributed by atoms with Crippen LogP contribution in [0.2, 0.25) is 0 Å². The lowest BCUT2D eigenvalue weighted by Gasteiger charge is -2.38. The van der Waals surface area contributed by atoms with Crippen LogP contribution in [0.25, 0.3) is 0 Å². The van der Waals surface area contributed by atoms with E-state index in [1.165, 1.54) is 58.3 Å². The summed E-state index contributed by atoms with van der Waals surface area (Å²) in [6.45, 7) is 7.05. The van der Waals surface area contributed by atoms with Crippen molar-refractivity contribution in [1.29, 1.82) is 0 Å². The minimum absolute atomic E-state index is 0.816. The van der Waals surface area contributed by atoms with Gasteiger partial charge in [0.15, 0.2) is 0 Å². The highest BCUT2D eigenvalue weighted by Gasteiger charge is 2.24. The zero-order valence-corrected chi connectivity index (χ0v) is 9.83. The van der Waals surface area contributed by atoms with Crippen molar-refractivity contribution >= 4 is 0 Å². The minimum atomic E-state index is 0.816. The van der Waals surface area contributed by atoms with Crippen molar-refractivity contribution in [3.8, 4) is 0 Å². The number of nitrogens with two attached hydrogens (primary N) is 1. The van der Waals surface area contributed by atoms with Gasteiger partial charge in [0.25, 0.3) is 0 Å². The molecule has 0 radical (unpaired) electrons. The van der Waals surface area contributed by atoms with Crippen molar-refractivity contribution in [2.45, 2.75) is 38.1 Å². The summed E-state index contributed by atoms with van der Waals surface area (Å²) in [5.74, 6) is 0. The highest BCUT2D eigenvalue weighted by atomic mass is 15.2. The fraction of sp³-hybridized carbons (Fsp3) is 1.00. The van der Waals surface area contributed by atoms with Crippen LogP contribution in [0.15, 0.2) is 0 Å². The lowest BCUT2D eigenvalue weighted by atomic mass is 9.91. The summed E-state index contributed by atoms with van der Waals surface area (Å²) >= 11 is 0. The van der Waals surface area contributed by atoms with Gasteiger partial charge < -0.3 is 10.6 Å². The van der Waals surface area contributed by atoms with Gasteiger partial charge in [-0.1, -0.05) is 6.42 Å². The normalized spacial score (nSPS) is 23.6. The maximum Gasteiger partial charge on any atom is 0.0113 e. The molecule has 1 heterocycles. The Labute approximate surface area is 93.6 Å². The van der Waals surface area contributed by atoms with E-state index in [9.17, 15) is 0 Å². The Balaban J connectivity index is 1.68. The molecule has 0 bridgehead atoms. The molecule has 1 saturated heterocycles. The molecule has 0 aromatic heterocycles. The number of rotatable bonds is 6. The number of hydrogen-bond acceptors (Lipinski definition) is 3. The van der Waals surface area contributed by atoms with Gasteiger partial charge in [0.05, 0.1) is 0 Å². The number of likely N-dealkylation sites (tertiary alicyclic amines) is 1. The molecular weight excluding hydrogens is 186 g/mol. The largest absolute Gasteiger partial charge is 0.329 e. The third kappa shape index (κ3) is 3.16. The Bertz CT molecular complexity index is 174. The lowest BCUT2D eigenvalue weighted by molar-refractivity contribution is 0.117. The van der Waals surface area contributed by atoms with E-state index in [0.29, 0.717) is 0 Å². The van der Waals surface area contributed by atoms with Crippen LogP contribution in [-0.4, -0.2) is 55.1 Å². The minimum Gasteiger partial charge on any atom is -0.329 e. The van der Waals surface area contributed by atoms with Crippen LogP contribution < -0.4 is 5.73 Å². The van der Waals surface area contributed by atoms with Crippen LogP contribution in [0.1, 0.15) is 32.1 Å². The van der Waals surface area contributed by atoms with Crippen LogP contribution in [0, 0.1) is 0 Å². The molecule has 1 aliphatic carbocycles. The molecule has 0 spiro atoms. The zero-order valence-electron chi connectivity index (χ0n) is 9.83. The number of hydrogen-bond donors (Lipinski definition) is 1. The molecule has 88 valence electrons. The maximum atomic E-state index is 5.67. The smallest absolute Gasteiger partial charge is 0.0113 e. The van der Waals surface area contributed by atoms with Crippen molar-refractivity contribution in [3.63, 3.8) is 0 Å². The lowest BCUT2D eigenvalue weighted by Crippen LogP contribution is -2.46. The first-order valence-electron chi connectivity index (χ1n) is 6.56. The first kappa shape index (κ1) is 11.4. The average molecular weight is 211 g/mol. The van der Waals surface area contributed by atoms with Gasteiger partial charge in [0, 0.05) is 32.2 Å². The Morgan fingerprint density at radius 2 is 1.80 bits per heavy atom. The van der Waals surface area contributed by atoms with E-state index in [0.717, 1.165) is 19.1 Å². The van der Waals surface area contributed by atoms with E-state index in [1.807, 2.05) is 0 Å². The standard InChI is InChI=1S/C12H25N3/c13-6-9-15(12-4-3-5-12)11-10-14-7-1-2-8-14/h12H,1-11,13H2. The summed E-state index contributed by atoms with van der Waals surface area (Å²) in [7, 11) is 0. The molecule has 0 amide bonds. The van der Waals surface area contributed by atoms with Crippen molar-refractivity contribution in [2.75, 3.05) is 39.3 Å². The van der Waals surface area contributed by atoms with Crippen molar-refractivity contribution in [2.24, 2.45) is 5.73 Å². The molecule has 0 unspecified atom stereocenters. The van der Waals surface area contributed by atoms with Crippen molar-refractivity contribution in [1.82, 2.24) is 9.80 Å². The second-order valence-electron chi connectivity index (χ2n) is 4.96. The van der Waals surface area contributed by atoms with Crippen LogP contribution in [-0.2, 0) is 0 Å². The molecule has 0 atom stereocenters. The van der Waals surface area contributed by atoms with Gasteiger partial charge in [0.2, 0.25) is 0 Å². The highest BCUT2D eigenvalue weighted by molar-refractivity contribution is 4.81. The Hall–Kier alpha value is -0.120. The molecule has 3 heteroatoms. The third-order valence-corrected chi connectivity index (χ3v) is 3.91. The second kappa shape index (κ2) is 5.83. The Morgan fingerprint density at radius 3 is 2.33 bits per heavy atom. The molecule has 0 aromatic carbocycles. The summed E-state index contributed by atoms with van der Waals surface area (Å²) in [5, 5.41) is 0. The zero-order chi connectivity index (χ0) is 10.5. The first-order valence-corrected chi connectivity index (χ1v) is 6.56.